The normalized spacial score (nSPS) is 15.9. The highest BCUT2D eigenvalue weighted by Crippen LogP contribution is 2.29. The van der Waals surface area contributed by atoms with Gasteiger partial charge in [0.25, 0.3) is 0 Å². The summed E-state index contributed by atoms with van der Waals surface area (Å²) in [5.74, 6) is 0. The van der Waals surface area contributed by atoms with Gasteiger partial charge < -0.3 is 10.6 Å². The Hall–Kier alpha value is -0.960. The monoisotopic (exact) mass is 252 g/mol. The minimum Gasteiger partial charge on any atom is -0.399 e. The highest BCUT2D eigenvalue weighted by atomic mass is 79.9. The Morgan fingerprint density at radius 2 is 2.14 bits per heavy atom. The third-order valence-corrected chi connectivity index (χ3v) is 3.01. The number of nitrogens with zero attached hydrogens (tertiary/aromatic N) is 1. The molecule has 0 fully saturated rings. The van der Waals surface area contributed by atoms with E-state index in [-0.39, 0.29) is 0 Å². The van der Waals surface area contributed by atoms with E-state index in [2.05, 4.69) is 39.0 Å². The molecular weight excluding hydrogens is 240 g/mol. The minimum absolute atomic E-state index is 0.799. The SMILES string of the molecule is Nc1ccc(N2CC=CCC2)c(Br)c1. The Labute approximate surface area is 92.5 Å². The number of nitrogens with two attached hydrogens (primary N) is 1. The first-order chi connectivity index (χ1) is 6.77. The predicted molar refractivity (Wildman–Crippen MR) is 64.5 cm³/mol. The molecule has 1 aromatic carbocycles. The molecule has 0 spiro atoms. The maximum atomic E-state index is 5.69. The van der Waals surface area contributed by atoms with Gasteiger partial charge in [-0.1, -0.05) is 12.2 Å². The zero-order valence-corrected chi connectivity index (χ0v) is 9.50. The second-order valence-electron chi connectivity index (χ2n) is 3.42. The molecule has 1 aromatic rings. The standard InChI is InChI=1S/C11H13BrN2/c12-10-8-9(13)4-5-11(10)14-6-2-1-3-7-14/h1-2,4-5,8H,3,6-7,13H2. The van der Waals surface area contributed by atoms with Crippen LogP contribution in [0.1, 0.15) is 6.42 Å². The van der Waals surface area contributed by atoms with Gasteiger partial charge >= 0.3 is 0 Å². The van der Waals surface area contributed by atoms with Crippen LogP contribution in [0.5, 0.6) is 0 Å². The average molecular weight is 253 g/mol. The lowest BCUT2D eigenvalue weighted by Gasteiger charge is -2.26. The third kappa shape index (κ3) is 1.93. The fourth-order valence-electron chi connectivity index (χ4n) is 1.64. The van der Waals surface area contributed by atoms with Crippen LogP contribution in [0.2, 0.25) is 0 Å². The minimum atomic E-state index is 0.799. The van der Waals surface area contributed by atoms with E-state index < -0.39 is 0 Å². The number of hydrogen-bond donors (Lipinski definition) is 1. The molecule has 0 bridgehead atoms. The number of hydrogen-bond acceptors (Lipinski definition) is 2. The fraction of sp³-hybridized carbons (Fsp3) is 0.273. The second-order valence-corrected chi connectivity index (χ2v) is 4.27. The van der Waals surface area contributed by atoms with Gasteiger partial charge in [0.2, 0.25) is 0 Å². The van der Waals surface area contributed by atoms with Gasteiger partial charge in [-0.15, -0.1) is 0 Å². The largest absolute Gasteiger partial charge is 0.399 e. The molecule has 1 heterocycles. The van der Waals surface area contributed by atoms with Crippen molar-refractivity contribution >= 4 is 27.3 Å². The number of halogens is 1. The molecular formula is C11H13BrN2. The predicted octanol–water partition coefficient (Wildman–Crippen LogP) is 2.80. The van der Waals surface area contributed by atoms with Crippen molar-refractivity contribution in [2.45, 2.75) is 6.42 Å². The molecule has 2 N–H and O–H groups in total. The summed E-state index contributed by atoms with van der Waals surface area (Å²) in [4.78, 5) is 2.34. The molecule has 1 aliphatic rings. The summed E-state index contributed by atoms with van der Waals surface area (Å²) in [5, 5.41) is 0. The zero-order chi connectivity index (χ0) is 9.97. The highest BCUT2D eigenvalue weighted by molar-refractivity contribution is 9.10. The summed E-state index contributed by atoms with van der Waals surface area (Å²) < 4.78 is 1.08. The molecule has 0 saturated heterocycles. The summed E-state index contributed by atoms with van der Waals surface area (Å²) in [6.45, 7) is 2.07. The molecule has 0 aliphatic carbocycles. The van der Waals surface area contributed by atoms with E-state index in [0.29, 0.717) is 0 Å². The van der Waals surface area contributed by atoms with Crippen molar-refractivity contribution in [3.63, 3.8) is 0 Å². The summed E-state index contributed by atoms with van der Waals surface area (Å²) in [6.07, 6.45) is 5.55. The van der Waals surface area contributed by atoms with Crippen LogP contribution in [0.3, 0.4) is 0 Å². The molecule has 0 unspecified atom stereocenters. The van der Waals surface area contributed by atoms with Crippen molar-refractivity contribution in [2.24, 2.45) is 0 Å². The number of benzene rings is 1. The molecule has 1 aliphatic heterocycles. The first kappa shape index (κ1) is 9.59. The molecule has 0 saturated carbocycles. The van der Waals surface area contributed by atoms with Crippen molar-refractivity contribution < 1.29 is 0 Å². The Morgan fingerprint density at radius 1 is 1.29 bits per heavy atom. The van der Waals surface area contributed by atoms with Gasteiger partial charge in [0.1, 0.15) is 0 Å². The Balaban J connectivity index is 2.27. The maximum Gasteiger partial charge on any atom is 0.0515 e. The van der Waals surface area contributed by atoms with Crippen molar-refractivity contribution in [1.82, 2.24) is 0 Å². The van der Waals surface area contributed by atoms with E-state index >= 15 is 0 Å². The van der Waals surface area contributed by atoms with Crippen LogP contribution in [0.15, 0.2) is 34.8 Å². The van der Waals surface area contributed by atoms with Crippen LogP contribution in [0, 0.1) is 0 Å². The van der Waals surface area contributed by atoms with Gasteiger partial charge in [-0.05, 0) is 40.5 Å². The number of anilines is 2. The topological polar surface area (TPSA) is 29.3 Å². The molecule has 14 heavy (non-hydrogen) atoms. The van der Waals surface area contributed by atoms with Crippen molar-refractivity contribution in [1.29, 1.82) is 0 Å². The molecule has 2 rings (SSSR count). The average Bonchev–Trinajstić information content (AvgIpc) is 2.19. The first-order valence-corrected chi connectivity index (χ1v) is 5.51. The van der Waals surface area contributed by atoms with Crippen LogP contribution >= 0.6 is 15.9 Å². The quantitative estimate of drug-likeness (QED) is 0.616. The summed E-state index contributed by atoms with van der Waals surface area (Å²) >= 11 is 3.54. The first-order valence-electron chi connectivity index (χ1n) is 4.72. The molecule has 3 heteroatoms. The van der Waals surface area contributed by atoms with Gasteiger partial charge in [-0.3, -0.25) is 0 Å². The van der Waals surface area contributed by atoms with E-state index in [1.165, 1.54) is 5.69 Å². The van der Waals surface area contributed by atoms with Crippen LogP contribution in [-0.2, 0) is 0 Å². The molecule has 0 aromatic heterocycles. The van der Waals surface area contributed by atoms with E-state index in [1.54, 1.807) is 0 Å². The summed E-state index contributed by atoms with van der Waals surface area (Å²) in [6, 6.07) is 5.96. The van der Waals surface area contributed by atoms with Gasteiger partial charge in [-0.2, -0.15) is 0 Å². The van der Waals surface area contributed by atoms with Crippen LogP contribution < -0.4 is 10.6 Å². The van der Waals surface area contributed by atoms with Crippen LogP contribution in [0.4, 0.5) is 11.4 Å². The van der Waals surface area contributed by atoms with E-state index in [9.17, 15) is 0 Å². The number of rotatable bonds is 1. The number of nitrogen functional groups attached to an aromatic ring is 1. The third-order valence-electron chi connectivity index (χ3n) is 2.37. The van der Waals surface area contributed by atoms with E-state index in [1.807, 2.05) is 12.1 Å². The van der Waals surface area contributed by atoms with Crippen LogP contribution in [0.25, 0.3) is 0 Å². The van der Waals surface area contributed by atoms with Crippen molar-refractivity contribution in [3.05, 3.63) is 34.8 Å². The van der Waals surface area contributed by atoms with Crippen molar-refractivity contribution in [2.75, 3.05) is 23.7 Å². The van der Waals surface area contributed by atoms with Crippen LogP contribution in [-0.4, -0.2) is 13.1 Å². The summed E-state index contributed by atoms with van der Waals surface area (Å²) in [5.41, 5.74) is 7.72. The molecule has 0 radical (unpaired) electrons. The Morgan fingerprint density at radius 3 is 2.79 bits per heavy atom. The smallest absolute Gasteiger partial charge is 0.0515 e. The molecule has 2 nitrogen and oxygen atoms in total. The zero-order valence-electron chi connectivity index (χ0n) is 7.91. The summed E-state index contributed by atoms with van der Waals surface area (Å²) in [7, 11) is 0. The van der Waals surface area contributed by atoms with E-state index in [0.717, 1.165) is 29.7 Å². The van der Waals surface area contributed by atoms with Gasteiger partial charge in [-0.25, -0.2) is 0 Å². The highest BCUT2D eigenvalue weighted by Gasteiger charge is 2.10. The van der Waals surface area contributed by atoms with Gasteiger partial charge in [0.15, 0.2) is 0 Å². The molecule has 74 valence electrons. The Kier molecular flexibility index (Phi) is 2.77. The maximum absolute atomic E-state index is 5.69. The molecule has 0 atom stereocenters. The second kappa shape index (κ2) is 4.05. The van der Waals surface area contributed by atoms with Gasteiger partial charge in [0, 0.05) is 23.2 Å². The molecule has 0 amide bonds. The van der Waals surface area contributed by atoms with Crippen molar-refractivity contribution in [3.8, 4) is 0 Å². The van der Waals surface area contributed by atoms with E-state index in [4.69, 9.17) is 5.73 Å². The fourth-order valence-corrected chi connectivity index (χ4v) is 2.29. The Bertz CT molecular complexity index is 360. The lowest BCUT2D eigenvalue weighted by atomic mass is 10.2. The lowest BCUT2D eigenvalue weighted by molar-refractivity contribution is 0.819. The lowest BCUT2D eigenvalue weighted by Crippen LogP contribution is -2.26. The van der Waals surface area contributed by atoms with Gasteiger partial charge in [0.05, 0.1) is 5.69 Å².